The van der Waals surface area contributed by atoms with Crippen molar-refractivity contribution >= 4 is 11.9 Å². The van der Waals surface area contributed by atoms with Gasteiger partial charge >= 0.3 is 11.9 Å². The van der Waals surface area contributed by atoms with Crippen LogP contribution in [0.15, 0.2) is 0 Å². The Labute approximate surface area is 121 Å². The van der Waals surface area contributed by atoms with Crippen LogP contribution < -0.4 is 11.5 Å². The van der Waals surface area contributed by atoms with Crippen molar-refractivity contribution in [2.24, 2.45) is 11.5 Å². The Morgan fingerprint density at radius 3 is 1.35 bits per heavy atom. The molecule has 0 spiro atoms. The minimum absolute atomic E-state index is 0.168. The average molecular weight is 288 g/mol. The zero-order valence-electron chi connectivity index (χ0n) is 12.3. The fraction of sp³-hybridized carbons (Fsp3) is 0.857. The molecule has 0 amide bonds. The Kier molecular flexibility index (Phi) is 13.5. The molecule has 118 valence electrons. The van der Waals surface area contributed by atoms with Crippen LogP contribution in [-0.2, 0) is 19.1 Å². The number of unbranched alkanes of at least 4 members (excludes halogenated alkanes) is 5. The van der Waals surface area contributed by atoms with E-state index in [1.807, 2.05) is 0 Å². The van der Waals surface area contributed by atoms with E-state index in [4.69, 9.17) is 20.9 Å². The van der Waals surface area contributed by atoms with E-state index in [-0.39, 0.29) is 11.9 Å². The maximum Gasteiger partial charge on any atom is 0.305 e. The molecule has 0 aliphatic rings. The van der Waals surface area contributed by atoms with E-state index in [0.717, 1.165) is 38.5 Å². The van der Waals surface area contributed by atoms with E-state index >= 15 is 0 Å². The van der Waals surface area contributed by atoms with Crippen molar-refractivity contribution in [2.75, 3.05) is 26.3 Å². The zero-order chi connectivity index (χ0) is 15.1. The summed E-state index contributed by atoms with van der Waals surface area (Å²) < 4.78 is 9.74. The van der Waals surface area contributed by atoms with Crippen molar-refractivity contribution in [1.82, 2.24) is 0 Å². The number of hydrogen-bond donors (Lipinski definition) is 2. The van der Waals surface area contributed by atoms with Gasteiger partial charge in [0.2, 0.25) is 0 Å². The van der Waals surface area contributed by atoms with Crippen LogP contribution in [0.1, 0.15) is 51.4 Å². The van der Waals surface area contributed by atoms with Gasteiger partial charge in [-0.05, 0) is 12.8 Å². The number of nitrogens with two attached hydrogens (primary N) is 2. The van der Waals surface area contributed by atoms with Crippen molar-refractivity contribution in [2.45, 2.75) is 51.4 Å². The SMILES string of the molecule is NCCOC(=O)CCCCCCCCC(=O)OCCN. The maximum absolute atomic E-state index is 11.2. The van der Waals surface area contributed by atoms with E-state index in [1.165, 1.54) is 0 Å². The number of rotatable bonds is 13. The second-order valence-corrected chi connectivity index (χ2v) is 4.64. The monoisotopic (exact) mass is 288 g/mol. The molecule has 0 heterocycles. The van der Waals surface area contributed by atoms with Crippen molar-refractivity contribution in [3.63, 3.8) is 0 Å². The lowest BCUT2D eigenvalue weighted by Crippen LogP contribution is -2.13. The first kappa shape index (κ1) is 18.9. The Hall–Kier alpha value is -1.14. The number of esters is 2. The van der Waals surface area contributed by atoms with Gasteiger partial charge in [0.25, 0.3) is 0 Å². The summed E-state index contributed by atoms with van der Waals surface area (Å²) >= 11 is 0. The summed E-state index contributed by atoms with van der Waals surface area (Å²) in [5, 5.41) is 0. The Morgan fingerprint density at radius 2 is 1.00 bits per heavy atom. The van der Waals surface area contributed by atoms with Crippen LogP contribution in [0.2, 0.25) is 0 Å². The number of hydrogen-bond acceptors (Lipinski definition) is 6. The summed E-state index contributed by atoms with van der Waals surface area (Å²) in [5.41, 5.74) is 10.5. The van der Waals surface area contributed by atoms with Gasteiger partial charge < -0.3 is 20.9 Å². The molecule has 0 aromatic rings. The quantitative estimate of drug-likeness (QED) is 0.388. The van der Waals surface area contributed by atoms with Gasteiger partial charge in [-0.3, -0.25) is 9.59 Å². The van der Waals surface area contributed by atoms with Crippen molar-refractivity contribution < 1.29 is 19.1 Å². The molecular weight excluding hydrogens is 260 g/mol. The van der Waals surface area contributed by atoms with Gasteiger partial charge in [-0.1, -0.05) is 25.7 Å². The molecule has 0 bridgehead atoms. The van der Waals surface area contributed by atoms with Gasteiger partial charge in [0, 0.05) is 25.9 Å². The predicted octanol–water partition coefficient (Wildman–Crippen LogP) is 1.11. The fourth-order valence-corrected chi connectivity index (χ4v) is 1.74. The highest BCUT2D eigenvalue weighted by molar-refractivity contribution is 5.69. The fourth-order valence-electron chi connectivity index (χ4n) is 1.74. The first-order valence-electron chi connectivity index (χ1n) is 7.42. The van der Waals surface area contributed by atoms with Crippen LogP contribution in [-0.4, -0.2) is 38.2 Å². The lowest BCUT2D eigenvalue weighted by Gasteiger charge is -2.04. The van der Waals surface area contributed by atoms with Gasteiger partial charge in [0.05, 0.1) is 0 Å². The van der Waals surface area contributed by atoms with Gasteiger partial charge in [0.15, 0.2) is 0 Å². The third-order valence-electron chi connectivity index (χ3n) is 2.77. The van der Waals surface area contributed by atoms with Crippen LogP contribution in [0.3, 0.4) is 0 Å². The molecule has 0 saturated carbocycles. The Morgan fingerprint density at radius 1 is 0.650 bits per heavy atom. The van der Waals surface area contributed by atoms with Crippen LogP contribution in [0.5, 0.6) is 0 Å². The molecule has 0 radical (unpaired) electrons. The van der Waals surface area contributed by atoms with Crippen LogP contribution in [0.4, 0.5) is 0 Å². The molecule has 4 N–H and O–H groups in total. The van der Waals surface area contributed by atoms with E-state index < -0.39 is 0 Å². The third-order valence-corrected chi connectivity index (χ3v) is 2.77. The first-order valence-corrected chi connectivity index (χ1v) is 7.42. The minimum Gasteiger partial charge on any atom is -0.464 e. The van der Waals surface area contributed by atoms with Crippen molar-refractivity contribution in [3.8, 4) is 0 Å². The molecule has 0 unspecified atom stereocenters. The van der Waals surface area contributed by atoms with Crippen molar-refractivity contribution in [1.29, 1.82) is 0 Å². The summed E-state index contributed by atoms with van der Waals surface area (Å²) in [7, 11) is 0. The first-order chi connectivity index (χ1) is 9.70. The molecule has 0 fully saturated rings. The summed E-state index contributed by atoms with van der Waals surface area (Å²) in [6.45, 7) is 1.36. The Balaban J connectivity index is 3.20. The lowest BCUT2D eigenvalue weighted by molar-refractivity contribution is -0.144. The van der Waals surface area contributed by atoms with Gasteiger partial charge in [0.1, 0.15) is 13.2 Å². The minimum atomic E-state index is -0.168. The molecule has 0 aromatic heterocycles. The zero-order valence-corrected chi connectivity index (χ0v) is 12.3. The van der Waals surface area contributed by atoms with Crippen LogP contribution >= 0.6 is 0 Å². The molecule has 0 rings (SSSR count). The molecule has 20 heavy (non-hydrogen) atoms. The average Bonchev–Trinajstić information content (AvgIpc) is 2.45. The molecule has 6 nitrogen and oxygen atoms in total. The topological polar surface area (TPSA) is 105 Å². The highest BCUT2D eigenvalue weighted by atomic mass is 16.5. The molecule has 0 saturated heterocycles. The summed E-state index contributed by atoms with van der Waals surface area (Å²) in [6.07, 6.45) is 6.79. The standard InChI is InChI=1S/C14H28N2O4/c15-9-11-19-13(17)7-5-3-1-2-4-6-8-14(18)20-12-10-16/h1-12,15-16H2. The molecule has 0 aromatic carbocycles. The van der Waals surface area contributed by atoms with E-state index in [1.54, 1.807) is 0 Å². The summed E-state index contributed by atoms with van der Waals surface area (Å²) in [5.74, 6) is -0.337. The number of carbonyl (C=O) groups excluding carboxylic acids is 2. The normalized spacial score (nSPS) is 10.3. The van der Waals surface area contributed by atoms with E-state index in [2.05, 4.69) is 0 Å². The van der Waals surface area contributed by atoms with Gasteiger partial charge in [-0.2, -0.15) is 0 Å². The van der Waals surface area contributed by atoms with Crippen LogP contribution in [0.25, 0.3) is 0 Å². The second-order valence-electron chi connectivity index (χ2n) is 4.64. The maximum atomic E-state index is 11.2. The van der Waals surface area contributed by atoms with Crippen molar-refractivity contribution in [3.05, 3.63) is 0 Å². The molecule has 0 aliphatic heterocycles. The van der Waals surface area contributed by atoms with Crippen LogP contribution in [0, 0.1) is 0 Å². The Bertz CT molecular complexity index is 234. The second kappa shape index (κ2) is 14.3. The molecule has 0 aliphatic carbocycles. The number of ether oxygens (including phenoxy) is 2. The highest BCUT2D eigenvalue weighted by Crippen LogP contribution is 2.09. The molecular formula is C14H28N2O4. The third kappa shape index (κ3) is 13.3. The highest BCUT2D eigenvalue weighted by Gasteiger charge is 2.03. The van der Waals surface area contributed by atoms with Gasteiger partial charge in [-0.25, -0.2) is 0 Å². The number of carbonyl (C=O) groups is 2. The molecule has 6 heteroatoms. The smallest absolute Gasteiger partial charge is 0.305 e. The van der Waals surface area contributed by atoms with E-state index in [9.17, 15) is 9.59 Å². The lowest BCUT2D eigenvalue weighted by atomic mass is 10.1. The summed E-state index contributed by atoms with van der Waals surface area (Å²) in [6, 6.07) is 0. The predicted molar refractivity (Wildman–Crippen MR) is 77.0 cm³/mol. The van der Waals surface area contributed by atoms with E-state index in [0.29, 0.717) is 39.1 Å². The molecule has 0 atom stereocenters. The summed E-state index contributed by atoms with van der Waals surface area (Å²) in [4.78, 5) is 22.3. The largest absolute Gasteiger partial charge is 0.464 e. The van der Waals surface area contributed by atoms with Gasteiger partial charge in [-0.15, -0.1) is 0 Å².